The van der Waals surface area contributed by atoms with Crippen LogP contribution in [0.5, 0.6) is 0 Å². The van der Waals surface area contributed by atoms with Gasteiger partial charge in [0.25, 0.3) is 0 Å². The molecule has 1 fully saturated rings. The van der Waals surface area contributed by atoms with Gasteiger partial charge in [0.15, 0.2) is 0 Å². The molecule has 0 aromatic carbocycles. The van der Waals surface area contributed by atoms with E-state index in [0.717, 1.165) is 29.6 Å². The first-order valence-electron chi connectivity index (χ1n) is 7.94. The van der Waals surface area contributed by atoms with E-state index in [1.165, 1.54) is 6.42 Å². The van der Waals surface area contributed by atoms with Crippen molar-refractivity contribution in [3.63, 3.8) is 0 Å². The molecule has 3 aromatic rings. The molecule has 6 heteroatoms. The molecule has 6 nitrogen and oxygen atoms in total. The number of aryl methyl sites for hydroxylation is 1. The van der Waals surface area contributed by atoms with Crippen molar-refractivity contribution in [2.45, 2.75) is 25.3 Å². The molecule has 3 aromatic heterocycles. The first-order chi connectivity index (χ1) is 11.2. The maximum atomic E-state index is 5.93. The molecule has 0 saturated heterocycles. The lowest BCUT2D eigenvalue weighted by molar-refractivity contribution is 0.518. The zero-order valence-corrected chi connectivity index (χ0v) is 13.1. The maximum Gasteiger partial charge on any atom is 0.145 e. The molecule has 1 aliphatic carbocycles. The number of rotatable bonds is 3. The van der Waals surface area contributed by atoms with Gasteiger partial charge in [-0.05, 0) is 37.3 Å². The summed E-state index contributed by atoms with van der Waals surface area (Å²) in [4.78, 5) is 12.8. The van der Waals surface area contributed by atoms with E-state index in [1.807, 2.05) is 30.2 Å². The molecule has 0 bridgehead atoms. The van der Waals surface area contributed by atoms with Crippen LogP contribution >= 0.6 is 0 Å². The van der Waals surface area contributed by atoms with E-state index in [2.05, 4.69) is 37.9 Å². The molecular formula is C17H20N6. The highest BCUT2D eigenvalue weighted by atomic mass is 15.1. The molecule has 2 unspecified atom stereocenters. The topological polar surface area (TPSA) is 74.5 Å². The van der Waals surface area contributed by atoms with Crippen LogP contribution in [0, 0.1) is 5.92 Å². The molecule has 3 heterocycles. The van der Waals surface area contributed by atoms with Crippen molar-refractivity contribution >= 4 is 22.9 Å². The first-order valence-corrected chi connectivity index (χ1v) is 7.94. The van der Waals surface area contributed by atoms with Crippen LogP contribution in [-0.4, -0.2) is 24.1 Å². The monoisotopic (exact) mass is 308 g/mol. The summed E-state index contributed by atoms with van der Waals surface area (Å²) in [6.45, 7) is 0. The summed E-state index contributed by atoms with van der Waals surface area (Å²) >= 11 is 0. The fourth-order valence-electron chi connectivity index (χ4n) is 3.46. The van der Waals surface area contributed by atoms with Crippen LogP contribution in [0.15, 0.2) is 37.2 Å². The predicted octanol–water partition coefficient (Wildman–Crippen LogP) is 2.80. The zero-order valence-electron chi connectivity index (χ0n) is 13.1. The molecule has 0 spiro atoms. The minimum Gasteiger partial charge on any atom is -0.383 e. The second kappa shape index (κ2) is 5.53. The average molecular weight is 308 g/mol. The van der Waals surface area contributed by atoms with Crippen LogP contribution in [0.3, 0.4) is 0 Å². The van der Waals surface area contributed by atoms with E-state index >= 15 is 0 Å². The molecule has 118 valence electrons. The summed E-state index contributed by atoms with van der Waals surface area (Å²) in [5.41, 5.74) is 7.88. The molecule has 1 saturated carbocycles. The standard InChI is InChI=1S/C17H20N6/c1-22-9-13(21-11-22)4-2-12-3-5-14(8-12)23-7-6-15-16(18)19-10-20-17(15)23/h2,4,6-7,9-12,14H,3,5,8H2,1H3,(H2,18,19,20)/b4-2+. The van der Waals surface area contributed by atoms with Gasteiger partial charge in [0.1, 0.15) is 17.8 Å². The lowest BCUT2D eigenvalue weighted by atomic mass is 10.1. The molecule has 0 radical (unpaired) electrons. The SMILES string of the molecule is Cn1cnc(/C=C/C2CCC(n3ccc4c(N)ncnc43)C2)c1. The van der Waals surface area contributed by atoms with Crippen molar-refractivity contribution in [3.8, 4) is 0 Å². The first kappa shape index (κ1) is 14.0. The lowest BCUT2D eigenvalue weighted by Crippen LogP contribution is -2.05. The molecule has 1 aliphatic rings. The molecule has 0 amide bonds. The Hall–Kier alpha value is -2.63. The van der Waals surface area contributed by atoms with Gasteiger partial charge < -0.3 is 14.9 Å². The number of fused-ring (bicyclic) bond motifs is 1. The molecule has 4 rings (SSSR count). The second-order valence-electron chi connectivity index (χ2n) is 6.27. The van der Waals surface area contributed by atoms with Gasteiger partial charge in [-0.2, -0.15) is 0 Å². The number of anilines is 1. The van der Waals surface area contributed by atoms with Crippen LogP contribution in [0.25, 0.3) is 17.1 Å². The lowest BCUT2D eigenvalue weighted by Gasteiger charge is -2.13. The summed E-state index contributed by atoms with van der Waals surface area (Å²) < 4.78 is 4.22. The minimum atomic E-state index is 0.472. The Kier molecular flexibility index (Phi) is 3.37. The number of nitrogens with two attached hydrogens (primary N) is 1. The van der Waals surface area contributed by atoms with Crippen LogP contribution in [0.1, 0.15) is 31.0 Å². The minimum absolute atomic E-state index is 0.472. The molecular weight excluding hydrogens is 288 g/mol. The summed E-state index contributed by atoms with van der Waals surface area (Å²) in [7, 11) is 1.99. The zero-order chi connectivity index (χ0) is 15.8. The third-order valence-electron chi connectivity index (χ3n) is 4.64. The van der Waals surface area contributed by atoms with Gasteiger partial charge in [-0.1, -0.05) is 6.08 Å². The fraction of sp³-hybridized carbons (Fsp3) is 0.353. The van der Waals surface area contributed by atoms with Gasteiger partial charge >= 0.3 is 0 Å². The second-order valence-corrected chi connectivity index (χ2v) is 6.27. The molecule has 2 N–H and O–H groups in total. The summed E-state index contributed by atoms with van der Waals surface area (Å²) in [6.07, 6.45) is 15.4. The van der Waals surface area contributed by atoms with Crippen LogP contribution in [0.2, 0.25) is 0 Å². The van der Waals surface area contributed by atoms with E-state index in [4.69, 9.17) is 5.73 Å². The van der Waals surface area contributed by atoms with Crippen LogP contribution < -0.4 is 5.73 Å². The number of allylic oxidation sites excluding steroid dienone is 1. The van der Waals surface area contributed by atoms with Crippen molar-refractivity contribution in [1.82, 2.24) is 24.1 Å². The number of aromatic nitrogens is 5. The van der Waals surface area contributed by atoms with E-state index < -0.39 is 0 Å². The third kappa shape index (κ3) is 2.60. The highest BCUT2D eigenvalue weighted by Crippen LogP contribution is 2.37. The van der Waals surface area contributed by atoms with Gasteiger partial charge in [0.2, 0.25) is 0 Å². The Morgan fingerprint density at radius 3 is 3.00 bits per heavy atom. The highest BCUT2D eigenvalue weighted by molar-refractivity contribution is 5.86. The predicted molar refractivity (Wildman–Crippen MR) is 90.6 cm³/mol. The van der Waals surface area contributed by atoms with E-state index in [1.54, 1.807) is 6.33 Å². The van der Waals surface area contributed by atoms with Gasteiger partial charge in [-0.15, -0.1) is 0 Å². The van der Waals surface area contributed by atoms with Crippen molar-refractivity contribution in [2.75, 3.05) is 5.73 Å². The van der Waals surface area contributed by atoms with Crippen molar-refractivity contribution in [1.29, 1.82) is 0 Å². The van der Waals surface area contributed by atoms with Gasteiger partial charge in [-0.3, -0.25) is 0 Å². The van der Waals surface area contributed by atoms with Crippen molar-refractivity contribution in [2.24, 2.45) is 13.0 Å². The smallest absolute Gasteiger partial charge is 0.145 e. The van der Waals surface area contributed by atoms with Crippen molar-refractivity contribution in [3.05, 3.63) is 42.9 Å². The Balaban J connectivity index is 1.51. The molecule has 23 heavy (non-hydrogen) atoms. The average Bonchev–Trinajstić information content (AvgIpc) is 3.24. The van der Waals surface area contributed by atoms with Gasteiger partial charge in [0, 0.05) is 25.5 Å². The van der Waals surface area contributed by atoms with Crippen LogP contribution in [0.4, 0.5) is 5.82 Å². The maximum absolute atomic E-state index is 5.93. The quantitative estimate of drug-likeness (QED) is 0.807. The third-order valence-corrected chi connectivity index (χ3v) is 4.64. The van der Waals surface area contributed by atoms with Gasteiger partial charge in [-0.25, -0.2) is 15.0 Å². The Bertz CT molecular complexity index is 859. The number of nitrogen functional groups attached to an aromatic ring is 1. The molecule has 0 aliphatic heterocycles. The number of hydrogen-bond donors (Lipinski definition) is 1. The number of nitrogens with zero attached hydrogens (tertiary/aromatic N) is 5. The Morgan fingerprint density at radius 2 is 2.17 bits per heavy atom. The summed E-state index contributed by atoms with van der Waals surface area (Å²) in [6, 6.07) is 2.49. The summed E-state index contributed by atoms with van der Waals surface area (Å²) in [5.74, 6) is 1.14. The van der Waals surface area contributed by atoms with Crippen molar-refractivity contribution < 1.29 is 0 Å². The van der Waals surface area contributed by atoms with Gasteiger partial charge in [0.05, 0.1) is 17.4 Å². The Morgan fingerprint density at radius 1 is 1.26 bits per heavy atom. The van der Waals surface area contributed by atoms with E-state index in [9.17, 15) is 0 Å². The van der Waals surface area contributed by atoms with E-state index in [-0.39, 0.29) is 0 Å². The fourth-order valence-corrected chi connectivity index (χ4v) is 3.46. The summed E-state index contributed by atoms with van der Waals surface area (Å²) in [5, 5.41) is 0.944. The number of imidazole rings is 1. The van der Waals surface area contributed by atoms with E-state index in [0.29, 0.717) is 17.8 Å². The normalized spacial score (nSPS) is 21.6. The Labute approximate surface area is 134 Å². The number of hydrogen-bond acceptors (Lipinski definition) is 4. The van der Waals surface area contributed by atoms with Crippen LogP contribution in [-0.2, 0) is 7.05 Å². The highest BCUT2D eigenvalue weighted by Gasteiger charge is 2.25. The molecule has 2 atom stereocenters. The largest absolute Gasteiger partial charge is 0.383 e.